The minimum absolute atomic E-state index is 0.0835. The normalized spacial score (nSPS) is 13.4. The first-order chi connectivity index (χ1) is 15.7. The maximum absolute atomic E-state index is 12.8. The van der Waals surface area contributed by atoms with Crippen LogP contribution in [0.3, 0.4) is 0 Å². The standard InChI is InChI=1S/C26H33F3N2O2/c1-19(2)25(18-30,22-15-23(32-3)17-24(16-22)33-4)11-7-13-31-12-6-9-20-8-5-10-21(14-20)26(27,28)29/h5,8,10,14-17,19,31H,6-7,9,11-13H2,1-4H3. The number of hydrogen-bond acceptors (Lipinski definition) is 4. The minimum Gasteiger partial charge on any atom is -0.497 e. The summed E-state index contributed by atoms with van der Waals surface area (Å²) >= 11 is 0. The van der Waals surface area contributed by atoms with Gasteiger partial charge >= 0.3 is 6.18 Å². The zero-order valence-corrected chi connectivity index (χ0v) is 19.8. The number of nitrogens with one attached hydrogen (secondary N) is 1. The van der Waals surface area contributed by atoms with Crippen molar-refractivity contribution in [2.45, 2.75) is 51.1 Å². The number of ether oxygens (including phenoxy) is 2. The predicted molar refractivity (Wildman–Crippen MR) is 124 cm³/mol. The van der Waals surface area contributed by atoms with Crippen LogP contribution in [-0.4, -0.2) is 27.3 Å². The highest BCUT2D eigenvalue weighted by Crippen LogP contribution is 2.39. The Morgan fingerprint density at radius 3 is 2.12 bits per heavy atom. The van der Waals surface area contributed by atoms with Crippen LogP contribution < -0.4 is 14.8 Å². The number of nitriles is 1. The number of benzene rings is 2. The van der Waals surface area contributed by atoms with E-state index in [1.54, 1.807) is 26.4 Å². The van der Waals surface area contributed by atoms with E-state index >= 15 is 0 Å². The third-order valence-electron chi connectivity index (χ3n) is 6.05. The number of nitrogens with zero attached hydrogens (tertiary/aromatic N) is 1. The SMILES string of the molecule is COc1cc(OC)cc(C(C#N)(CCCNCCCc2cccc(C(F)(F)F)c2)C(C)C)c1. The molecule has 1 N–H and O–H groups in total. The first-order valence-electron chi connectivity index (χ1n) is 11.2. The summed E-state index contributed by atoms with van der Waals surface area (Å²) in [5.41, 5.74) is 0.271. The van der Waals surface area contributed by atoms with Gasteiger partial charge in [0, 0.05) is 6.07 Å². The van der Waals surface area contributed by atoms with E-state index in [0.717, 1.165) is 31.0 Å². The average molecular weight is 463 g/mol. The van der Waals surface area contributed by atoms with Crippen molar-refractivity contribution < 1.29 is 22.6 Å². The molecule has 0 amide bonds. The van der Waals surface area contributed by atoms with Crippen molar-refractivity contribution in [3.63, 3.8) is 0 Å². The van der Waals surface area contributed by atoms with Crippen LogP contribution in [-0.2, 0) is 18.0 Å². The smallest absolute Gasteiger partial charge is 0.416 e. The van der Waals surface area contributed by atoms with Gasteiger partial charge in [-0.25, -0.2) is 0 Å². The number of methoxy groups -OCH3 is 2. The summed E-state index contributed by atoms with van der Waals surface area (Å²) in [7, 11) is 3.18. The fourth-order valence-electron chi connectivity index (χ4n) is 4.02. The molecule has 0 heterocycles. The fourth-order valence-corrected chi connectivity index (χ4v) is 4.02. The van der Waals surface area contributed by atoms with Crippen molar-refractivity contribution >= 4 is 0 Å². The monoisotopic (exact) mass is 462 g/mol. The van der Waals surface area contributed by atoms with Gasteiger partial charge in [-0.05, 0) is 74.0 Å². The molecule has 2 rings (SSSR count). The number of alkyl halides is 3. The van der Waals surface area contributed by atoms with Crippen molar-refractivity contribution in [1.29, 1.82) is 5.26 Å². The van der Waals surface area contributed by atoms with Crippen molar-refractivity contribution in [3.8, 4) is 17.6 Å². The van der Waals surface area contributed by atoms with Gasteiger partial charge in [-0.1, -0.05) is 32.0 Å². The highest BCUT2D eigenvalue weighted by Gasteiger charge is 2.36. The summed E-state index contributed by atoms with van der Waals surface area (Å²) in [6.07, 6.45) is -1.55. The average Bonchev–Trinajstić information content (AvgIpc) is 2.80. The topological polar surface area (TPSA) is 54.3 Å². The van der Waals surface area contributed by atoms with Gasteiger partial charge < -0.3 is 14.8 Å². The predicted octanol–water partition coefficient (Wildman–Crippen LogP) is 6.14. The summed E-state index contributed by atoms with van der Waals surface area (Å²) in [5, 5.41) is 13.5. The molecule has 0 aliphatic heterocycles. The van der Waals surface area contributed by atoms with E-state index in [1.165, 1.54) is 12.1 Å². The van der Waals surface area contributed by atoms with E-state index in [4.69, 9.17) is 9.47 Å². The summed E-state index contributed by atoms with van der Waals surface area (Å²) in [6, 6.07) is 13.6. The quantitative estimate of drug-likeness (QED) is 0.385. The van der Waals surface area contributed by atoms with E-state index in [0.29, 0.717) is 36.4 Å². The Bertz CT molecular complexity index is 916. The van der Waals surface area contributed by atoms with Crippen LogP contribution in [0.25, 0.3) is 0 Å². The Hall–Kier alpha value is -2.72. The lowest BCUT2D eigenvalue weighted by atomic mass is 9.69. The van der Waals surface area contributed by atoms with Gasteiger partial charge in [0.05, 0.1) is 31.3 Å². The maximum Gasteiger partial charge on any atom is 0.416 e. The molecule has 33 heavy (non-hydrogen) atoms. The van der Waals surface area contributed by atoms with Gasteiger partial charge in [-0.15, -0.1) is 0 Å². The largest absolute Gasteiger partial charge is 0.497 e. The molecule has 0 spiro atoms. The number of hydrogen-bond donors (Lipinski definition) is 1. The van der Waals surface area contributed by atoms with Crippen LogP contribution in [0.5, 0.6) is 11.5 Å². The Morgan fingerprint density at radius 2 is 1.58 bits per heavy atom. The van der Waals surface area contributed by atoms with E-state index in [1.807, 2.05) is 26.0 Å². The van der Waals surface area contributed by atoms with Crippen LogP contribution in [0.2, 0.25) is 0 Å². The molecule has 0 aliphatic rings. The first-order valence-corrected chi connectivity index (χ1v) is 11.2. The third kappa shape index (κ3) is 7.13. The molecule has 7 heteroatoms. The molecule has 0 saturated carbocycles. The molecule has 4 nitrogen and oxygen atoms in total. The van der Waals surface area contributed by atoms with Crippen LogP contribution in [0.1, 0.15) is 49.8 Å². The van der Waals surface area contributed by atoms with E-state index in [9.17, 15) is 18.4 Å². The van der Waals surface area contributed by atoms with Crippen molar-refractivity contribution in [2.75, 3.05) is 27.3 Å². The van der Waals surface area contributed by atoms with Gasteiger partial charge in [0.25, 0.3) is 0 Å². The molecule has 2 aromatic rings. The summed E-state index contributed by atoms with van der Waals surface area (Å²) in [4.78, 5) is 0. The summed E-state index contributed by atoms with van der Waals surface area (Å²) in [6.45, 7) is 5.50. The maximum atomic E-state index is 12.8. The second kappa shape index (κ2) is 11.9. The lowest BCUT2D eigenvalue weighted by Gasteiger charge is -2.32. The van der Waals surface area contributed by atoms with E-state index < -0.39 is 17.2 Å². The summed E-state index contributed by atoms with van der Waals surface area (Å²) in [5.74, 6) is 1.38. The zero-order chi connectivity index (χ0) is 24.5. The Labute approximate surface area is 194 Å². The Kier molecular flexibility index (Phi) is 9.60. The fraction of sp³-hybridized carbons (Fsp3) is 0.500. The number of halogens is 3. The first kappa shape index (κ1) is 26.5. The van der Waals surface area contributed by atoms with Gasteiger partial charge in [-0.3, -0.25) is 0 Å². The third-order valence-corrected chi connectivity index (χ3v) is 6.05. The molecular weight excluding hydrogens is 429 g/mol. The molecule has 0 aliphatic carbocycles. The molecule has 2 aromatic carbocycles. The molecule has 0 radical (unpaired) electrons. The lowest BCUT2D eigenvalue weighted by molar-refractivity contribution is -0.137. The van der Waals surface area contributed by atoms with Crippen molar-refractivity contribution in [2.24, 2.45) is 5.92 Å². The minimum atomic E-state index is -4.31. The molecule has 180 valence electrons. The van der Waals surface area contributed by atoms with Crippen molar-refractivity contribution in [1.82, 2.24) is 5.32 Å². The van der Waals surface area contributed by atoms with Crippen molar-refractivity contribution in [3.05, 3.63) is 59.2 Å². The highest BCUT2D eigenvalue weighted by atomic mass is 19.4. The summed E-state index contributed by atoms with van der Waals surface area (Å²) < 4.78 is 49.3. The van der Waals surface area contributed by atoms with Crippen LogP contribution >= 0.6 is 0 Å². The molecule has 0 fully saturated rings. The Balaban J connectivity index is 1.90. The molecule has 0 saturated heterocycles. The molecule has 1 atom stereocenters. The molecule has 0 bridgehead atoms. The van der Waals surface area contributed by atoms with E-state index in [2.05, 4.69) is 11.4 Å². The van der Waals surface area contributed by atoms with Crippen LogP contribution in [0.4, 0.5) is 13.2 Å². The second-order valence-corrected chi connectivity index (χ2v) is 8.49. The van der Waals surface area contributed by atoms with Gasteiger partial charge in [0.1, 0.15) is 11.5 Å². The number of aryl methyl sites for hydroxylation is 1. The zero-order valence-electron chi connectivity index (χ0n) is 19.8. The highest BCUT2D eigenvalue weighted by molar-refractivity contribution is 5.45. The number of rotatable bonds is 12. The van der Waals surface area contributed by atoms with Gasteiger partial charge in [0.2, 0.25) is 0 Å². The second-order valence-electron chi connectivity index (χ2n) is 8.49. The molecule has 0 aromatic heterocycles. The Morgan fingerprint density at radius 1 is 0.939 bits per heavy atom. The van der Waals surface area contributed by atoms with Crippen LogP contribution in [0.15, 0.2) is 42.5 Å². The molecule has 1 unspecified atom stereocenters. The molecular formula is C26H33F3N2O2. The lowest BCUT2D eigenvalue weighted by Crippen LogP contribution is -2.32. The van der Waals surface area contributed by atoms with Crippen LogP contribution in [0, 0.1) is 17.2 Å². The van der Waals surface area contributed by atoms with Gasteiger partial charge in [-0.2, -0.15) is 18.4 Å². The van der Waals surface area contributed by atoms with Gasteiger partial charge in [0.15, 0.2) is 0 Å². The van der Waals surface area contributed by atoms with E-state index in [-0.39, 0.29) is 5.92 Å².